The van der Waals surface area contributed by atoms with Crippen molar-refractivity contribution in [1.29, 1.82) is 0 Å². The fourth-order valence-electron chi connectivity index (χ4n) is 2.34. The molecule has 0 amide bonds. The van der Waals surface area contributed by atoms with Gasteiger partial charge in [0.1, 0.15) is 23.1 Å². The first-order valence-corrected chi connectivity index (χ1v) is 7.58. The van der Waals surface area contributed by atoms with Crippen molar-refractivity contribution in [3.8, 4) is 5.75 Å². The molecule has 2 rings (SSSR count). The first-order valence-electron chi connectivity index (χ1n) is 5.97. The molecule has 1 aromatic rings. The van der Waals surface area contributed by atoms with Crippen molar-refractivity contribution in [2.75, 3.05) is 14.2 Å². The van der Waals surface area contributed by atoms with E-state index in [9.17, 15) is 14.2 Å². The summed E-state index contributed by atoms with van der Waals surface area (Å²) < 4.78 is 27.8. The normalized spacial score (nSPS) is 22.1. The second-order valence-electron chi connectivity index (χ2n) is 4.40. The molecule has 0 radical (unpaired) electrons. The Bertz CT molecular complexity index is 588. The molecule has 1 aromatic carbocycles. The number of ketones is 1. The summed E-state index contributed by atoms with van der Waals surface area (Å²) in [5, 5.41) is 0. The van der Waals surface area contributed by atoms with Crippen LogP contribution in [0.4, 0.5) is 0 Å². The van der Waals surface area contributed by atoms with Crippen molar-refractivity contribution in [2.24, 2.45) is 5.92 Å². The van der Waals surface area contributed by atoms with Crippen LogP contribution in [-0.2, 0) is 23.2 Å². The van der Waals surface area contributed by atoms with E-state index in [4.69, 9.17) is 13.8 Å². The van der Waals surface area contributed by atoms with Gasteiger partial charge >= 0.3 is 13.6 Å². The van der Waals surface area contributed by atoms with Gasteiger partial charge in [-0.25, -0.2) is 0 Å². The molecule has 0 bridgehead atoms. The number of rotatable bonds is 4. The van der Waals surface area contributed by atoms with Gasteiger partial charge in [0.15, 0.2) is 0 Å². The standard InChI is InChI=1S/C13H15O6P/c1-8(14)11-12(20(16,17-2)18-3)9-6-4-5-7-10(9)19-13(11)15/h4-7,11-12H,1-3H3. The van der Waals surface area contributed by atoms with E-state index in [1.54, 1.807) is 24.3 Å². The minimum Gasteiger partial charge on any atom is -0.426 e. The number of benzene rings is 1. The van der Waals surface area contributed by atoms with Crippen LogP contribution in [0.1, 0.15) is 18.1 Å². The van der Waals surface area contributed by atoms with Gasteiger partial charge in [0.2, 0.25) is 0 Å². The van der Waals surface area contributed by atoms with Crippen LogP contribution in [0.25, 0.3) is 0 Å². The molecule has 0 fully saturated rings. The number of para-hydroxylation sites is 1. The molecule has 6 nitrogen and oxygen atoms in total. The van der Waals surface area contributed by atoms with E-state index in [1.807, 2.05) is 0 Å². The molecule has 108 valence electrons. The number of carbonyl (C=O) groups is 2. The number of carbonyl (C=O) groups excluding carboxylic acids is 2. The van der Waals surface area contributed by atoms with Crippen LogP contribution in [-0.4, -0.2) is 26.0 Å². The smallest absolute Gasteiger partial charge is 0.339 e. The predicted octanol–water partition coefficient (Wildman–Crippen LogP) is 2.34. The molecule has 0 saturated heterocycles. The Morgan fingerprint density at radius 3 is 2.40 bits per heavy atom. The second kappa shape index (κ2) is 5.48. The number of fused-ring (bicyclic) bond motifs is 1. The molecule has 2 unspecified atom stereocenters. The zero-order valence-corrected chi connectivity index (χ0v) is 12.3. The molecule has 1 aliphatic heterocycles. The molecule has 1 heterocycles. The van der Waals surface area contributed by atoms with Crippen LogP contribution in [0.15, 0.2) is 24.3 Å². The first-order chi connectivity index (χ1) is 9.44. The average Bonchev–Trinajstić information content (AvgIpc) is 2.44. The van der Waals surface area contributed by atoms with Gasteiger partial charge in [0, 0.05) is 19.8 Å². The lowest BCUT2D eigenvalue weighted by Gasteiger charge is -2.33. The van der Waals surface area contributed by atoms with Gasteiger partial charge in [-0.1, -0.05) is 18.2 Å². The molecule has 0 aliphatic carbocycles. The molecule has 7 heteroatoms. The average molecular weight is 298 g/mol. The van der Waals surface area contributed by atoms with Gasteiger partial charge in [-0.3, -0.25) is 14.2 Å². The van der Waals surface area contributed by atoms with Gasteiger partial charge in [0.05, 0.1) is 0 Å². The Morgan fingerprint density at radius 2 is 1.85 bits per heavy atom. The SMILES string of the molecule is COP(=O)(OC)C1c2ccccc2OC(=O)C1C(C)=O. The summed E-state index contributed by atoms with van der Waals surface area (Å²) in [6.45, 7) is 1.25. The van der Waals surface area contributed by atoms with Crippen molar-refractivity contribution in [3.63, 3.8) is 0 Å². The molecule has 20 heavy (non-hydrogen) atoms. The number of hydrogen-bond acceptors (Lipinski definition) is 6. The third kappa shape index (κ3) is 2.30. The van der Waals surface area contributed by atoms with E-state index >= 15 is 0 Å². The Kier molecular flexibility index (Phi) is 4.09. The molecular weight excluding hydrogens is 283 g/mol. The van der Waals surface area contributed by atoms with Crippen molar-refractivity contribution in [2.45, 2.75) is 12.6 Å². The maximum Gasteiger partial charge on any atom is 0.339 e. The van der Waals surface area contributed by atoms with Crippen LogP contribution >= 0.6 is 7.60 Å². The highest BCUT2D eigenvalue weighted by molar-refractivity contribution is 7.54. The molecule has 0 N–H and O–H groups in total. The number of Topliss-reactive ketones (excluding diaryl/α,β-unsaturated/α-hetero) is 1. The van der Waals surface area contributed by atoms with E-state index in [1.165, 1.54) is 21.1 Å². The summed E-state index contributed by atoms with van der Waals surface area (Å²) in [4.78, 5) is 23.8. The largest absolute Gasteiger partial charge is 0.426 e. The van der Waals surface area contributed by atoms with E-state index < -0.39 is 30.9 Å². The zero-order valence-electron chi connectivity index (χ0n) is 11.4. The molecule has 0 spiro atoms. The monoisotopic (exact) mass is 298 g/mol. The highest BCUT2D eigenvalue weighted by Crippen LogP contribution is 2.65. The maximum absolute atomic E-state index is 12.7. The second-order valence-corrected chi connectivity index (χ2v) is 6.76. The van der Waals surface area contributed by atoms with E-state index in [0.717, 1.165) is 0 Å². The van der Waals surface area contributed by atoms with Crippen LogP contribution in [0.5, 0.6) is 5.75 Å². The van der Waals surface area contributed by atoms with Gasteiger partial charge in [-0.15, -0.1) is 0 Å². The van der Waals surface area contributed by atoms with Crippen molar-refractivity contribution >= 4 is 19.3 Å². The van der Waals surface area contributed by atoms with Gasteiger partial charge < -0.3 is 13.8 Å². The fourth-order valence-corrected chi connectivity index (χ4v) is 4.20. The lowest BCUT2D eigenvalue weighted by molar-refractivity contribution is -0.145. The summed E-state index contributed by atoms with van der Waals surface area (Å²) >= 11 is 0. The minimum absolute atomic E-state index is 0.273. The highest BCUT2D eigenvalue weighted by Gasteiger charge is 2.51. The van der Waals surface area contributed by atoms with Crippen LogP contribution in [0.3, 0.4) is 0 Å². The maximum atomic E-state index is 12.7. The van der Waals surface area contributed by atoms with Crippen LogP contribution < -0.4 is 4.74 Å². The summed E-state index contributed by atoms with van der Waals surface area (Å²) in [6, 6.07) is 6.61. The van der Waals surface area contributed by atoms with E-state index in [2.05, 4.69) is 0 Å². The molecular formula is C13H15O6P. The third-order valence-electron chi connectivity index (χ3n) is 3.31. The lowest BCUT2D eigenvalue weighted by Crippen LogP contribution is -2.36. The van der Waals surface area contributed by atoms with Crippen LogP contribution in [0, 0.1) is 5.92 Å². The minimum atomic E-state index is -3.66. The molecule has 0 saturated carbocycles. The van der Waals surface area contributed by atoms with Crippen LogP contribution in [0.2, 0.25) is 0 Å². The summed E-state index contributed by atoms with van der Waals surface area (Å²) in [7, 11) is -1.21. The summed E-state index contributed by atoms with van der Waals surface area (Å²) in [5.74, 6) is -2.11. The van der Waals surface area contributed by atoms with Gasteiger partial charge in [0.25, 0.3) is 0 Å². The first kappa shape index (κ1) is 14.9. The highest BCUT2D eigenvalue weighted by atomic mass is 31.2. The van der Waals surface area contributed by atoms with E-state index in [-0.39, 0.29) is 5.75 Å². The Labute approximate surface area is 116 Å². The van der Waals surface area contributed by atoms with E-state index in [0.29, 0.717) is 5.56 Å². The number of ether oxygens (including phenoxy) is 1. The molecule has 2 atom stereocenters. The summed E-state index contributed by atoms with van der Waals surface area (Å²) in [5.41, 5.74) is -0.521. The van der Waals surface area contributed by atoms with Crippen molar-refractivity contribution in [1.82, 2.24) is 0 Å². The predicted molar refractivity (Wildman–Crippen MR) is 70.6 cm³/mol. The van der Waals surface area contributed by atoms with Crippen molar-refractivity contribution < 1.29 is 27.9 Å². The molecule has 1 aliphatic rings. The van der Waals surface area contributed by atoms with Gasteiger partial charge in [-0.2, -0.15) is 0 Å². The number of esters is 1. The lowest BCUT2D eigenvalue weighted by atomic mass is 9.92. The Hall–Kier alpha value is -1.49. The number of hydrogen-bond donors (Lipinski definition) is 0. The zero-order chi connectivity index (χ0) is 14.9. The molecule has 0 aromatic heterocycles. The fraction of sp³-hybridized carbons (Fsp3) is 0.385. The summed E-state index contributed by atoms with van der Waals surface area (Å²) in [6.07, 6.45) is 0. The Balaban J connectivity index is 2.66. The Morgan fingerprint density at radius 1 is 1.25 bits per heavy atom. The quantitative estimate of drug-likeness (QED) is 0.367. The third-order valence-corrected chi connectivity index (χ3v) is 5.58. The van der Waals surface area contributed by atoms with Crippen molar-refractivity contribution in [3.05, 3.63) is 29.8 Å². The topological polar surface area (TPSA) is 78.9 Å². The van der Waals surface area contributed by atoms with Gasteiger partial charge in [-0.05, 0) is 13.0 Å².